The minimum absolute atomic E-state index is 1.25. The molecular formula is C17H17N. The van der Waals surface area contributed by atoms with Gasteiger partial charge in [0.25, 0.3) is 0 Å². The molecule has 90 valence electrons. The lowest BCUT2D eigenvalue weighted by molar-refractivity contribution is 1.17. The first-order valence-electron chi connectivity index (χ1n) is 6.29. The zero-order valence-corrected chi connectivity index (χ0v) is 11.1. The standard InChI is InChI=1S/C17H17N/c1-12-5-7-17(14(3)8-12)15-9-16-6-4-13(2)10-18(16)11-15/h4-11H,1-3H3. The molecule has 0 saturated carbocycles. The highest BCUT2D eigenvalue weighted by atomic mass is 14.9. The summed E-state index contributed by atoms with van der Waals surface area (Å²) in [5.41, 5.74) is 7.79. The fourth-order valence-corrected chi connectivity index (χ4v) is 2.51. The predicted molar refractivity (Wildman–Crippen MR) is 77.0 cm³/mol. The van der Waals surface area contributed by atoms with E-state index in [9.17, 15) is 0 Å². The predicted octanol–water partition coefficient (Wildman–Crippen LogP) is 4.53. The monoisotopic (exact) mass is 235 g/mol. The van der Waals surface area contributed by atoms with Gasteiger partial charge in [-0.05, 0) is 49.6 Å². The summed E-state index contributed by atoms with van der Waals surface area (Å²) in [4.78, 5) is 0. The van der Waals surface area contributed by atoms with Gasteiger partial charge in [0.2, 0.25) is 0 Å². The van der Waals surface area contributed by atoms with Gasteiger partial charge in [0.15, 0.2) is 0 Å². The normalized spacial score (nSPS) is 11.1. The highest BCUT2D eigenvalue weighted by Gasteiger charge is 2.05. The highest BCUT2D eigenvalue weighted by Crippen LogP contribution is 2.26. The molecule has 1 heteroatoms. The largest absolute Gasteiger partial charge is 0.323 e. The molecule has 3 rings (SSSR count). The van der Waals surface area contributed by atoms with E-state index in [1.807, 2.05) is 0 Å². The zero-order valence-electron chi connectivity index (χ0n) is 11.1. The Balaban J connectivity index is 2.19. The third kappa shape index (κ3) is 1.82. The lowest BCUT2D eigenvalue weighted by atomic mass is 10.0. The Morgan fingerprint density at radius 3 is 2.33 bits per heavy atom. The molecule has 0 atom stereocenters. The van der Waals surface area contributed by atoms with Crippen LogP contribution in [0.15, 0.2) is 48.8 Å². The molecule has 2 aromatic heterocycles. The summed E-state index contributed by atoms with van der Waals surface area (Å²) in [5, 5.41) is 0. The number of hydrogen-bond acceptors (Lipinski definition) is 0. The van der Waals surface area contributed by atoms with Crippen LogP contribution in [-0.4, -0.2) is 4.40 Å². The van der Waals surface area contributed by atoms with Gasteiger partial charge >= 0.3 is 0 Å². The van der Waals surface area contributed by atoms with Crippen LogP contribution in [0.5, 0.6) is 0 Å². The van der Waals surface area contributed by atoms with Crippen LogP contribution in [0, 0.1) is 20.8 Å². The van der Waals surface area contributed by atoms with Crippen molar-refractivity contribution < 1.29 is 0 Å². The van der Waals surface area contributed by atoms with Crippen molar-refractivity contribution in [1.29, 1.82) is 0 Å². The van der Waals surface area contributed by atoms with Crippen molar-refractivity contribution in [3.8, 4) is 11.1 Å². The molecule has 2 heterocycles. The number of benzene rings is 1. The summed E-state index contributed by atoms with van der Waals surface area (Å²) < 4.78 is 2.20. The summed E-state index contributed by atoms with van der Waals surface area (Å²) in [5.74, 6) is 0. The molecule has 0 spiro atoms. The molecule has 1 aromatic carbocycles. The average Bonchev–Trinajstić information content (AvgIpc) is 2.71. The van der Waals surface area contributed by atoms with E-state index in [2.05, 4.69) is 74.0 Å². The zero-order chi connectivity index (χ0) is 12.7. The molecular weight excluding hydrogens is 218 g/mol. The van der Waals surface area contributed by atoms with Crippen molar-refractivity contribution in [2.45, 2.75) is 20.8 Å². The fraction of sp³-hybridized carbons (Fsp3) is 0.176. The van der Waals surface area contributed by atoms with Gasteiger partial charge in [0.1, 0.15) is 0 Å². The maximum Gasteiger partial charge on any atom is 0.0456 e. The van der Waals surface area contributed by atoms with E-state index in [-0.39, 0.29) is 0 Å². The first-order chi connectivity index (χ1) is 8.63. The quantitative estimate of drug-likeness (QED) is 0.583. The second kappa shape index (κ2) is 4.02. The van der Waals surface area contributed by atoms with E-state index >= 15 is 0 Å². The van der Waals surface area contributed by atoms with E-state index in [1.165, 1.54) is 33.3 Å². The summed E-state index contributed by atoms with van der Waals surface area (Å²) in [6.45, 7) is 6.43. The summed E-state index contributed by atoms with van der Waals surface area (Å²) >= 11 is 0. The minimum atomic E-state index is 1.25. The lowest BCUT2D eigenvalue weighted by Gasteiger charge is -2.04. The van der Waals surface area contributed by atoms with E-state index in [0.29, 0.717) is 0 Å². The van der Waals surface area contributed by atoms with Crippen molar-refractivity contribution in [2.24, 2.45) is 0 Å². The van der Waals surface area contributed by atoms with Crippen LogP contribution < -0.4 is 0 Å². The van der Waals surface area contributed by atoms with Gasteiger partial charge < -0.3 is 4.40 Å². The Labute approximate surface area is 108 Å². The Kier molecular flexibility index (Phi) is 2.48. The first-order valence-corrected chi connectivity index (χ1v) is 6.29. The van der Waals surface area contributed by atoms with Crippen LogP contribution in [0.3, 0.4) is 0 Å². The third-order valence-corrected chi connectivity index (χ3v) is 3.43. The van der Waals surface area contributed by atoms with Crippen LogP contribution in [0.25, 0.3) is 16.6 Å². The smallest absolute Gasteiger partial charge is 0.0456 e. The van der Waals surface area contributed by atoms with E-state index < -0.39 is 0 Å². The summed E-state index contributed by atoms with van der Waals surface area (Å²) in [6.07, 6.45) is 4.38. The van der Waals surface area contributed by atoms with Gasteiger partial charge in [0, 0.05) is 23.5 Å². The molecule has 0 aliphatic carbocycles. The molecule has 0 aliphatic heterocycles. The molecule has 0 bridgehead atoms. The first kappa shape index (κ1) is 11.1. The van der Waals surface area contributed by atoms with Crippen molar-refractivity contribution in [1.82, 2.24) is 4.40 Å². The molecule has 0 fully saturated rings. The third-order valence-electron chi connectivity index (χ3n) is 3.43. The van der Waals surface area contributed by atoms with Gasteiger partial charge in [-0.15, -0.1) is 0 Å². The van der Waals surface area contributed by atoms with E-state index in [4.69, 9.17) is 0 Å². The topological polar surface area (TPSA) is 4.41 Å². The van der Waals surface area contributed by atoms with Crippen LogP contribution in [0.4, 0.5) is 0 Å². The Hall–Kier alpha value is -2.02. The number of nitrogens with zero attached hydrogens (tertiary/aromatic N) is 1. The molecule has 3 aromatic rings. The van der Waals surface area contributed by atoms with E-state index in [1.54, 1.807) is 0 Å². The summed E-state index contributed by atoms with van der Waals surface area (Å²) in [7, 11) is 0. The Bertz CT molecular complexity index is 720. The molecule has 1 nitrogen and oxygen atoms in total. The molecule has 0 amide bonds. The number of aryl methyl sites for hydroxylation is 3. The van der Waals surface area contributed by atoms with Gasteiger partial charge in [-0.3, -0.25) is 0 Å². The SMILES string of the molecule is Cc1ccc(-c2cc3ccc(C)cn3c2)c(C)c1. The number of rotatable bonds is 1. The van der Waals surface area contributed by atoms with Gasteiger partial charge in [-0.1, -0.05) is 29.8 Å². The fourth-order valence-electron chi connectivity index (χ4n) is 2.51. The highest BCUT2D eigenvalue weighted by molar-refractivity contribution is 5.73. The molecule has 18 heavy (non-hydrogen) atoms. The van der Waals surface area contributed by atoms with Gasteiger partial charge in [0.05, 0.1) is 0 Å². The van der Waals surface area contributed by atoms with Crippen LogP contribution in [0.2, 0.25) is 0 Å². The Morgan fingerprint density at radius 1 is 0.778 bits per heavy atom. The van der Waals surface area contributed by atoms with Crippen molar-refractivity contribution in [3.63, 3.8) is 0 Å². The van der Waals surface area contributed by atoms with Crippen molar-refractivity contribution in [2.75, 3.05) is 0 Å². The second-order valence-electron chi connectivity index (χ2n) is 5.09. The van der Waals surface area contributed by atoms with Crippen LogP contribution >= 0.6 is 0 Å². The summed E-state index contributed by atoms with van der Waals surface area (Å²) in [6, 6.07) is 13.2. The molecule has 0 unspecified atom stereocenters. The second-order valence-corrected chi connectivity index (χ2v) is 5.09. The average molecular weight is 235 g/mol. The van der Waals surface area contributed by atoms with Crippen LogP contribution in [-0.2, 0) is 0 Å². The maximum atomic E-state index is 2.25. The van der Waals surface area contributed by atoms with E-state index in [0.717, 1.165) is 0 Å². The number of aromatic nitrogens is 1. The van der Waals surface area contributed by atoms with Crippen molar-refractivity contribution >= 4 is 5.52 Å². The number of hydrogen-bond donors (Lipinski definition) is 0. The molecule has 0 N–H and O–H groups in total. The maximum absolute atomic E-state index is 2.25. The minimum Gasteiger partial charge on any atom is -0.323 e. The van der Waals surface area contributed by atoms with Gasteiger partial charge in [-0.2, -0.15) is 0 Å². The molecule has 0 saturated heterocycles. The number of fused-ring (bicyclic) bond motifs is 1. The Morgan fingerprint density at radius 2 is 1.56 bits per heavy atom. The lowest BCUT2D eigenvalue weighted by Crippen LogP contribution is -1.83. The van der Waals surface area contributed by atoms with Gasteiger partial charge in [-0.25, -0.2) is 0 Å². The van der Waals surface area contributed by atoms with Crippen molar-refractivity contribution in [3.05, 3.63) is 65.5 Å². The molecule has 0 aliphatic rings. The number of pyridine rings is 1. The molecule has 0 radical (unpaired) electrons. The van der Waals surface area contributed by atoms with Crippen LogP contribution in [0.1, 0.15) is 16.7 Å².